The number of aromatic nitrogens is 1. The number of hydrogen-bond donors (Lipinski definition) is 0. The van der Waals surface area contributed by atoms with Crippen LogP contribution in [0.2, 0.25) is 0 Å². The Morgan fingerprint density at radius 2 is 1.79 bits per heavy atom. The van der Waals surface area contributed by atoms with Crippen LogP contribution in [0.5, 0.6) is 11.5 Å². The number of pyridine rings is 1. The SMILES string of the molecule is CCN(C(=O)c1cc(OC)c(OC)cc1F)C(C)c1ccncc1. The minimum Gasteiger partial charge on any atom is -0.493 e. The Hall–Kier alpha value is -2.63. The molecule has 0 fully saturated rings. The standard InChI is InChI=1S/C18H21FN2O3/c1-5-21(12(2)13-6-8-20-9-7-13)18(22)14-10-16(23-3)17(24-4)11-15(14)19/h6-12H,5H2,1-4H3. The van der Waals surface area contributed by atoms with Gasteiger partial charge >= 0.3 is 0 Å². The normalized spacial score (nSPS) is 11.7. The van der Waals surface area contributed by atoms with Crippen LogP contribution in [-0.2, 0) is 0 Å². The predicted molar refractivity (Wildman–Crippen MR) is 88.9 cm³/mol. The van der Waals surface area contributed by atoms with E-state index in [0.717, 1.165) is 11.6 Å². The molecule has 24 heavy (non-hydrogen) atoms. The number of methoxy groups -OCH3 is 2. The largest absolute Gasteiger partial charge is 0.493 e. The summed E-state index contributed by atoms with van der Waals surface area (Å²) < 4.78 is 24.6. The summed E-state index contributed by atoms with van der Waals surface area (Å²) in [5, 5.41) is 0. The molecule has 1 atom stereocenters. The van der Waals surface area contributed by atoms with Crippen LogP contribution in [0.3, 0.4) is 0 Å². The van der Waals surface area contributed by atoms with Crippen molar-refractivity contribution in [3.05, 3.63) is 53.6 Å². The van der Waals surface area contributed by atoms with Gasteiger partial charge in [0.15, 0.2) is 11.5 Å². The van der Waals surface area contributed by atoms with Crippen LogP contribution in [0.1, 0.15) is 35.8 Å². The highest BCUT2D eigenvalue weighted by Gasteiger charge is 2.25. The third-order valence-electron chi connectivity index (χ3n) is 3.96. The van der Waals surface area contributed by atoms with Gasteiger partial charge in [-0.05, 0) is 37.6 Å². The molecule has 2 aromatic rings. The molecule has 0 aliphatic heterocycles. The lowest BCUT2D eigenvalue weighted by molar-refractivity contribution is 0.0697. The molecule has 1 heterocycles. The summed E-state index contributed by atoms with van der Waals surface area (Å²) in [6, 6.07) is 6.00. The maximum Gasteiger partial charge on any atom is 0.257 e. The van der Waals surface area contributed by atoms with E-state index in [1.807, 2.05) is 26.0 Å². The van der Waals surface area contributed by atoms with E-state index in [1.54, 1.807) is 17.3 Å². The first-order valence-corrected chi connectivity index (χ1v) is 7.65. The van der Waals surface area contributed by atoms with Crippen molar-refractivity contribution in [3.63, 3.8) is 0 Å². The number of nitrogens with zero attached hydrogens (tertiary/aromatic N) is 2. The van der Waals surface area contributed by atoms with Crippen molar-refractivity contribution in [1.29, 1.82) is 0 Å². The molecule has 2 rings (SSSR count). The van der Waals surface area contributed by atoms with Crippen molar-refractivity contribution in [2.75, 3.05) is 20.8 Å². The number of halogens is 1. The number of amides is 1. The van der Waals surface area contributed by atoms with Gasteiger partial charge in [0.05, 0.1) is 25.8 Å². The van der Waals surface area contributed by atoms with E-state index >= 15 is 0 Å². The van der Waals surface area contributed by atoms with Crippen molar-refractivity contribution in [2.24, 2.45) is 0 Å². The minimum atomic E-state index is -0.641. The first-order valence-electron chi connectivity index (χ1n) is 7.65. The first kappa shape index (κ1) is 17.7. The van der Waals surface area contributed by atoms with Gasteiger partial charge in [-0.25, -0.2) is 4.39 Å². The maximum atomic E-state index is 14.4. The van der Waals surface area contributed by atoms with Gasteiger partial charge in [0.1, 0.15) is 5.82 Å². The number of carbonyl (C=O) groups excluding carboxylic acids is 1. The molecule has 1 aromatic carbocycles. The number of rotatable bonds is 6. The molecule has 0 bridgehead atoms. The Labute approximate surface area is 141 Å². The quantitative estimate of drug-likeness (QED) is 0.813. The second-order valence-electron chi connectivity index (χ2n) is 5.23. The summed E-state index contributed by atoms with van der Waals surface area (Å²) >= 11 is 0. The molecular formula is C18H21FN2O3. The van der Waals surface area contributed by atoms with E-state index in [4.69, 9.17) is 9.47 Å². The molecular weight excluding hydrogens is 311 g/mol. The lowest BCUT2D eigenvalue weighted by atomic mass is 10.1. The molecule has 0 saturated heterocycles. The van der Waals surface area contributed by atoms with Gasteiger partial charge in [0, 0.05) is 25.0 Å². The van der Waals surface area contributed by atoms with E-state index < -0.39 is 11.7 Å². The fraction of sp³-hybridized carbons (Fsp3) is 0.333. The highest BCUT2D eigenvalue weighted by molar-refractivity contribution is 5.95. The minimum absolute atomic E-state index is 0.0459. The molecule has 0 aliphatic rings. The average molecular weight is 332 g/mol. The Morgan fingerprint density at radius 1 is 1.21 bits per heavy atom. The fourth-order valence-electron chi connectivity index (χ4n) is 2.59. The van der Waals surface area contributed by atoms with Gasteiger partial charge in [-0.3, -0.25) is 9.78 Å². The van der Waals surface area contributed by atoms with E-state index in [9.17, 15) is 9.18 Å². The van der Waals surface area contributed by atoms with Gasteiger partial charge < -0.3 is 14.4 Å². The zero-order valence-electron chi connectivity index (χ0n) is 14.2. The zero-order valence-corrected chi connectivity index (χ0v) is 14.2. The fourth-order valence-corrected chi connectivity index (χ4v) is 2.59. The van der Waals surface area contributed by atoms with E-state index in [1.165, 1.54) is 20.3 Å². The third-order valence-corrected chi connectivity index (χ3v) is 3.96. The summed E-state index contributed by atoms with van der Waals surface area (Å²) in [7, 11) is 2.86. The van der Waals surface area contributed by atoms with Crippen LogP contribution in [0, 0.1) is 5.82 Å². The van der Waals surface area contributed by atoms with Crippen molar-refractivity contribution in [3.8, 4) is 11.5 Å². The second-order valence-corrected chi connectivity index (χ2v) is 5.23. The lowest BCUT2D eigenvalue weighted by Crippen LogP contribution is -2.34. The summed E-state index contributed by atoms with van der Waals surface area (Å²) in [6.45, 7) is 4.19. The Kier molecular flexibility index (Phi) is 5.73. The van der Waals surface area contributed by atoms with E-state index in [2.05, 4.69) is 4.98 Å². The van der Waals surface area contributed by atoms with Crippen molar-refractivity contribution < 1.29 is 18.7 Å². The van der Waals surface area contributed by atoms with Crippen molar-refractivity contribution in [1.82, 2.24) is 9.88 Å². The molecule has 0 radical (unpaired) electrons. The second kappa shape index (κ2) is 7.77. The maximum absolute atomic E-state index is 14.4. The molecule has 0 saturated carbocycles. The molecule has 0 N–H and O–H groups in total. The molecule has 6 heteroatoms. The third kappa shape index (κ3) is 3.48. The summed E-state index contributed by atoms with van der Waals surface area (Å²) in [5.41, 5.74) is 0.886. The van der Waals surface area contributed by atoms with Crippen molar-refractivity contribution in [2.45, 2.75) is 19.9 Å². The number of ether oxygens (including phenoxy) is 2. The van der Waals surface area contributed by atoms with Gasteiger partial charge in [0.25, 0.3) is 5.91 Å². The highest BCUT2D eigenvalue weighted by Crippen LogP contribution is 2.31. The average Bonchev–Trinajstić information content (AvgIpc) is 2.62. The van der Waals surface area contributed by atoms with Crippen molar-refractivity contribution >= 4 is 5.91 Å². The Balaban J connectivity index is 2.38. The number of carbonyl (C=O) groups is 1. The number of hydrogen-bond acceptors (Lipinski definition) is 4. The monoisotopic (exact) mass is 332 g/mol. The summed E-state index contributed by atoms with van der Waals surface area (Å²) in [6.07, 6.45) is 3.34. The molecule has 0 spiro atoms. The Bertz CT molecular complexity index is 707. The zero-order chi connectivity index (χ0) is 17.7. The predicted octanol–water partition coefficient (Wildman–Crippen LogP) is 3.46. The Morgan fingerprint density at radius 3 is 2.33 bits per heavy atom. The lowest BCUT2D eigenvalue weighted by Gasteiger charge is -2.28. The van der Waals surface area contributed by atoms with Crippen LogP contribution in [0.4, 0.5) is 4.39 Å². The topological polar surface area (TPSA) is 51.7 Å². The molecule has 1 aromatic heterocycles. The number of benzene rings is 1. The molecule has 1 unspecified atom stereocenters. The van der Waals surface area contributed by atoms with Gasteiger partial charge in [-0.1, -0.05) is 0 Å². The van der Waals surface area contributed by atoms with Gasteiger partial charge in [0.2, 0.25) is 0 Å². The molecule has 128 valence electrons. The molecule has 5 nitrogen and oxygen atoms in total. The molecule has 1 amide bonds. The van der Waals surface area contributed by atoms with Crippen LogP contribution in [-0.4, -0.2) is 36.6 Å². The highest BCUT2D eigenvalue weighted by atomic mass is 19.1. The van der Waals surface area contributed by atoms with Crippen LogP contribution in [0.25, 0.3) is 0 Å². The first-order chi connectivity index (χ1) is 11.5. The van der Waals surface area contributed by atoms with Gasteiger partial charge in [-0.2, -0.15) is 0 Å². The smallest absolute Gasteiger partial charge is 0.257 e. The summed E-state index contributed by atoms with van der Waals surface area (Å²) in [4.78, 5) is 18.4. The molecule has 0 aliphatic carbocycles. The van der Waals surface area contributed by atoms with E-state index in [-0.39, 0.29) is 17.4 Å². The van der Waals surface area contributed by atoms with Crippen LogP contribution in [0.15, 0.2) is 36.7 Å². The summed E-state index contributed by atoms with van der Waals surface area (Å²) in [5.74, 6) is -0.482. The van der Waals surface area contributed by atoms with Gasteiger partial charge in [-0.15, -0.1) is 0 Å². The van der Waals surface area contributed by atoms with Crippen LogP contribution < -0.4 is 9.47 Å². The van der Waals surface area contributed by atoms with E-state index in [0.29, 0.717) is 12.3 Å². The van der Waals surface area contributed by atoms with Crippen LogP contribution >= 0.6 is 0 Å².